The highest BCUT2D eigenvalue weighted by atomic mass is 16.3. The van der Waals surface area contributed by atoms with Crippen LogP contribution < -0.4 is 0 Å². The van der Waals surface area contributed by atoms with Crippen LogP contribution in [-0.2, 0) is 11.2 Å². The summed E-state index contributed by atoms with van der Waals surface area (Å²) in [6.07, 6.45) is 0.278. The van der Waals surface area contributed by atoms with Gasteiger partial charge in [0.1, 0.15) is 0 Å². The molecule has 1 aliphatic rings. The van der Waals surface area contributed by atoms with Crippen LogP contribution in [0.3, 0.4) is 0 Å². The Balaban J connectivity index is 2.28. The van der Waals surface area contributed by atoms with Gasteiger partial charge in [0.05, 0.1) is 12.6 Å². The second kappa shape index (κ2) is 4.03. The summed E-state index contributed by atoms with van der Waals surface area (Å²) < 4.78 is 0. The number of hydrogen-bond acceptors (Lipinski definition) is 2. The van der Waals surface area contributed by atoms with Crippen LogP contribution in [0.2, 0.25) is 0 Å². The van der Waals surface area contributed by atoms with Crippen LogP contribution in [0, 0.1) is 0 Å². The van der Waals surface area contributed by atoms with Crippen molar-refractivity contribution >= 4 is 5.91 Å². The molecule has 0 saturated carbocycles. The predicted octanol–water partition coefficient (Wildman–Crippen LogP) is 1.12. The molecule has 0 spiro atoms. The van der Waals surface area contributed by atoms with E-state index in [-0.39, 0.29) is 5.91 Å². The third-order valence-corrected chi connectivity index (χ3v) is 2.90. The normalized spacial score (nSPS) is 20.7. The molecule has 1 amide bonds. The van der Waals surface area contributed by atoms with Gasteiger partial charge in [-0.2, -0.15) is 0 Å². The van der Waals surface area contributed by atoms with Gasteiger partial charge in [0.2, 0.25) is 5.91 Å². The van der Waals surface area contributed by atoms with Crippen LogP contribution in [0.1, 0.15) is 24.2 Å². The number of hydrogen-bond donors (Lipinski definition) is 1. The first-order valence-electron chi connectivity index (χ1n) is 5.20. The van der Waals surface area contributed by atoms with Gasteiger partial charge in [-0.3, -0.25) is 4.79 Å². The minimum Gasteiger partial charge on any atom is -0.387 e. The molecule has 0 saturated heterocycles. The largest absolute Gasteiger partial charge is 0.387 e. The highest BCUT2D eigenvalue weighted by Gasteiger charge is 2.21. The van der Waals surface area contributed by atoms with E-state index in [1.54, 1.807) is 11.8 Å². The van der Waals surface area contributed by atoms with Gasteiger partial charge in [0, 0.05) is 13.5 Å². The van der Waals surface area contributed by atoms with Crippen molar-refractivity contribution in [2.45, 2.75) is 19.4 Å². The van der Waals surface area contributed by atoms with Gasteiger partial charge in [-0.25, -0.2) is 0 Å². The molecule has 3 nitrogen and oxygen atoms in total. The molecule has 1 aromatic carbocycles. The molecular formula is C12H15NO2. The Morgan fingerprint density at radius 3 is 2.93 bits per heavy atom. The summed E-state index contributed by atoms with van der Waals surface area (Å²) in [5, 5.41) is 9.97. The van der Waals surface area contributed by atoms with Crippen molar-refractivity contribution in [3.05, 3.63) is 35.4 Å². The third kappa shape index (κ3) is 2.02. The monoisotopic (exact) mass is 205 g/mol. The van der Waals surface area contributed by atoms with Gasteiger partial charge in [-0.15, -0.1) is 0 Å². The van der Waals surface area contributed by atoms with E-state index in [2.05, 4.69) is 0 Å². The maximum atomic E-state index is 11.3. The van der Waals surface area contributed by atoms with E-state index < -0.39 is 6.10 Å². The van der Waals surface area contributed by atoms with Crippen LogP contribution in [-0.4, -0.2) is 29.0 Å². The van der Waals surface area contributed by atoms with E-state index in [0.29, 0.717) is 13.1 Å². The molecular weight excluding hydrogens is 190 g/mol. The summed E-state index contributed by atoms with van der Waals surface area (Å²) in [4.78, 5) is 13.0. The van der Waals surface area contributed by atoms with Crippen molar-refractivity contribution in [3.63, 3.8) is 0 Å². The van der Waals surface area contributed by atoms with E-state index in [1.165, 1.54) is 0 Å². The molecule has 80 valence electrons. The van der Waals surface area contributed by atoms with Crippen molar-refractivity contribution in [1.29, 1.82) is 0 Å². The Labute approximate surface area is 89.3 Å². The molecule has 15 heavy (non-hydrogen) atoms. The summed E-state index contributed by atoms with van der Waals surface area (Å²) in [5.74, 6) is 0.0295. The zero-order valence-electron chi connectivity index (χ0n) is 8.81. The Morgan fingerprint density at radius 1 is 1.47 bits per heavy atom. The summed E-state index contributed by atoms with van der Waals surface area (Å²) >= 11 is 0. The van der Waals surface area contributed by atoms with E-state index in [9.17, 15) is 9.90 Å². The molecule has 1 unspecified atom stereocenters. The quantitative estimate of drug-likeness (QED) is 0.689. The summed E-state index contributed by atoms with van der Waals surface area (Å²) in [5.41, 5.74) is 2.11. The summed E-state index contributed by atoms with van der Waals surface area (Å²) in [7, 11) is 0. The van der Waals surface area contributed by atoms with Crippen molar-refractivity contribution in [2.24, 2.45) is 0 Å². The molecule has 1 heterocycles. The molecule has 1 N–H and O–H groups in total. The van der Waals surface area contributed by atoms with Crippen LogP contribution in [0.4, 0.5) is 0 Å². The maximum absolute atomic E-state index is 11.3. The molecule has 1 atom stereocenters. The Kier molecular flexibility index (Phi) is 2.73. The Morgan fingerprint density at radius 2 is 2.20 bits per heavy atom. The van der Waals surface area contributed by atoms with E-state index in [4.69, 9.17) is 0 Å². The van der Waals surface area contributed by atoms with Gasteiger partial charge >= 0.3 is 0 Å². The lowest BCUT2D eigenvalue weighted by molar-refractivity contribution is -0.130. The lowest BCUT2D eigenvalue weighted by Crippen LogP contribution is -2.32. The number of aliphatic hydroxyl groups is 1. The Hall–Kier alpha value is -1.35. The Bertz CT molecular complexity index is 376. The van der Waals surface area contributed by atoms with Crippen molar-refractivity contribution < 1.29 is 9.90 Å². The SMILES string of the molecule is CC(=O)N1CCc2ccccc2C(O)C1. The fraction of sp³-hybridized carbons (Fsp3) is 0.417. The predicted molar refractivity (Wildman–Crippen MR) is 57.4 cm³/mol. The second-order valence-electron chi connectivity index (χ2n) is 3.93. The second-order valence-corrected chi connectivity index (χ2v) is 3.93. The highest BCUT2D eigenvalue weighted by Crippen LogP contribution is 2.23. The molecule has 3 heteroatoms. The number of carbonyl (C=O) groups is 1. The minimum absolute atomic E-state index is 0.0295. The zero-order chi connectivity index (χ0) is 10.8. The molecule has 0 aromatic heterocycles. The standard InChI is InChI=1S/C12H15NO2/c1-9(14)13-7-6-10-4-2-3-5-11(10)12(15)8-13/h2-5,12,15H,6-8H2,1H3. The van der Waals surface area contributed by atoms with E-state index in [0.717, 1.165) is 17.5 Å². The minimum atomic E-state index is -0.549. The first kappa shape index (κ1) is 10.2. The van der Waals surface area contributed by atoms with E-state index >= 15 is 0 Å². The number of benzene rings is 1. The smallest absolute Gasteiger partial charge is 0.219 e. The van der Waals surface area contributed by atoms with Crippen LogP contribution >= 0.6 is 0 Å². The van der Waals surface area contributed by atoms with Crippen molar-refractivity contribution in [2.75, 3.05) is 13.1 Å². The molecule has 1 aromatic rings. The maximum Gasteiger partial charge on any atom is 0.219 e. The molecule has 0 fully saturated rings. The van der Waals surface area contributed by atoms with Gasteiger partial charge < -0.3 is 10.0 Å². The fourth-order valence-corrected chi connectivity index (χ4v) is 2.03. The topological polar surface area (TPSA) is 40.5 Å². The number of carbonyl (C=O) groups excluding carboxylic acids is 1. The molecule has 1 aliphatic heterocycles. The average Bonchev–Trinajstić information content (AvgIpc) is 2.39. The number of rotatable bonds is 0. The molecule has 0 bridgehead atoms. The molecule has 0 radical (unpaired) electrons. The number of amides is 1. The number of nitrogens with zero attached hydrogens (tertiary/aromatic N) is 1. The molecule has 2 rings (SSSR count). The van der Waals surface area contributed by atoms with Gasteiger partial charge in [-0.05, 0) is 17.5 Å². The van der Waals surface area contributed by atoms with Crippen molar-refractivity contribution in [3.8, 4) is 0 Å². The summed E-state index contributed by atoms with van der Waals surface area (Å²) in [6.45, 7) is 2.65. The number of fused-ring (bicyclic) bond motifs is 1. The summed E-state index contributed by atoms with van der Waals surface area (Å²) in [6, 6.07) is 7.84. The first-order valence-corrected chi connectivity index (χ1v) is 5.20. The van der Waals surface area contributed by atoms with Crippen LogP contribution in [0.25, 0.3) is 0 Å². The number of β-amino-alcohol motifs (C(OH)–C–C–N with tert-alkyl or cyclic N) is 1. The van der Waals surface area contributed by atoms with Crippen LogP contribution in [0.15, 0.2) is 24.3 Å². The van der Waals surface area contributed by atoms with E-state index in [1.807, 2.05) is 24.3 Å². The molecule has 0 aliphatic carbocycles. The lowest BCUT2D eigenvalue weighted by atomic mass is 10.0. The van der Waals surface area contributed by atoms with Crippen LogP contribution in [0.5, 0.6) is 0 Å². The van der Waals surface area contributed by atoms with Gasteiger partial charge in [0.15, 0.2) is 0 Å². The van der Waals surface area contributed by atoms with Gasteiger partial charge in [-0.1, -0.05) is 24.3 Å². The highest BCUT2D eigenvalue weighted by molar-refractivity contribution is 5.73. The van der Waals surface area contributed by atoms with Crippen molar-refractivity contribution in [1.82, 2.24) is 4.90 Å². The fourth-order valence-electron chi connectivity index (χ4n) is 2.03. The zero-order valence-corrected chi connectivity index (χ0v) is 8.81. The van der Waals surface area contributed by atoms with Gasteiger partial charge in [0.25, 0.3) is 0 Å². The third-order valence-electron chi connectivity index (χ3n) is 2.90. The first-order chi connectivity index (χ1) is 7.18. The lowest BCUT2D eigenvalue weighted by Gasteiger charge is -2.20. The number of aliphatic hydroxyl groups excluding tert-OH is 1. The average molecular weight is 205 g/mol.